The van der Waals surface area contributed by atoms with E-state index < -0.39 is 11.4 Å². The van der Waals surface area contributed by atoms with Gasteiger partial charge in [-0.2, -0.15) is 0 Å². The summed E-state index contributed by atoms with van der Waals surface area (Å²) < 4.78 is 14.2. The van der Waals surface area contributed by atoms with Crippen molar-refractivity contribution in [1.29, 1.82) is 0 Å². The van der Waals surface area contributed by atoms with E-state index in [1.165, 1.54) is 0 Å². The van der Waals surface area contributed by atoms with Crippen LogP contribution in [0.3, 0.4) is 0 Å². The minimum absolute atomic E-state index is 0.718. The summed E-state index contributed by atoms with van der Waals surface area (Å²) in [5.74, 6) is 7.08. The number of rotatable bonds is 4. The smallest absolute Gasteiger partial charge is 0.147 e. The first-order chi connectivity index (χ1) is 11.4. The Bertz CT molecular complexity index is 780. The third-order valence-corrected chi connectivity index (χ3v) is 3.84. The lowest BCUT2D eigenvalue weighted by Crippen LogP contribution is -2.14. The normalized spacial score (nSPS) is 11.4. The molecule has 0 aromatic carbocycles. The summed E-state index contributed by atoms with van der Waals surface area (Å²) in [7, 11) is 3.86. The van der Waals surface area contributed by atoms with Gasteiger partial charge in [0.1, 0.15) is 24.1 Å². The largest absolute Gasteiger partial charge is 0.593 e. The van der Waals surface area contributed by atoms with E-state index >= 15 is 0 Å². The summed E-state index contributed by atoms with van der Waals surface area (Å²) in [5, 5.41) is 0. The van der Waals surface area contributed by atoms with Crippen molar-refractivity contribution in [3.8, 4) is 11.8 Å². The van der Waals surface area contributed by atoms with Crippen LogP contribution in [0.4, 0.5) is 11.5 Å². The predicted molar refractivity (Wildman–Crippen MR) is 98.4 cm³/mol. The zero-order valence-electron chi connectivity index (χ0n) is 14.5. The third-order valence-electron chi connectivity index (χ3n) is 3.34. The van der Waals surface area contributed by atoms with Crippen LogP contribution in [0.25, 0.3) is 0 Å². The molecule has 24 heavy (non-hydrogen) atoms. The Hall–Kier alpha value is -2.30. The van der Waals surface area contributed by atoms with Gasteiger partial charge in [0.2, 0.25) is 0 Å². The van der Waals surface area contributed by atoms with Crippen LogP contribution in [0.15, 0.2) is 18.6 Å². The minimum atomic E-state index is -1.15. The third kappa shape index (κ3) is 4.37. The number of hydrogen-bond donors (Lipinski definition) is 1. The monoisotopic (exact) mass is 343 g/mol. The Kier molecular flexibility index (Phi) is 6.01. The first-order valence-electron chi connectivity index (χ1n) is 7.52. The molecule has 2 heterocycles. The fraction of sp³-hybridized carbons (Fsp3) is 0.353. The number of nitrogens with zero attached hydrogens (tertiary/aromatic N) is 4. The highest BCUT2D eigenvalue weighted by Gasteiger charge is 2.10. The van der Waals surface area contributed by atoms with Crippen LogP contribution in [-0.2, 0) is 17.8 Å². The lowest BCUT2D eigenvalue weighted by Gasteiger charge is -2.14. The zero-order chi connectivity index (χ0) is 17.7. The summed E-state index contributed by atoms with van der Waals surface area (Å²) in [6.07, 6.45) is 5.62. The Labute approximate surface area is 146 Å². The second kappa shape index (κ2) is 7.99. The van der Waals surface area contributed by atoms with E-state index in [-0.39, 0.29) is 0 Å². The molecular weight excluding hydrogens is 322 g/mol. The molecule has 2 rings (SSSR count). The first-order valence-corrected chi connectivity index (χ1v) is 9.08. The molecule has 126 valence electrons. The second-order valence-corrected chi connectivity index (χ2v) is 6.54. The average molecular weight is 343 g/mol. The van der Waals surface area contributed by atoms with Gasteiger partial charge in [-0.15, -0.1) is 0 Å². The zero-order valence-corrected chi connectivity index (χ0v) is 15.4. The molecule has 0 saturated carbocycles. The molecule has 6 nitrogen and oxygen atoms in total. The summed E-state index contributed by atoms with van der Waals surface area (Å²) in [5.41, 5.74) is 3.97. The standard InChI is InChI=1S/C17H21N5OS/c1-6-15-14(17(22(3)4)20-11-19-15)8-7-13-9-16(21-24(5)23)12(2)18-10-13/h9-11,21H,6H2,1-5H3. The van der Waals surface area contributed by atoms with E-state index in [9.17, 15) is 4.55 Å². The Balaban J connectivity index is 2.44. The predicted octanol–water partition coefficient (Wildman–Crippen LogP) is 1.91. The maximum Gasteiger partial charge on any atom is 0.147 e. The summed E-state index contributed by atoms with van der Waals surface area (Å²) in [4.78, 5) is 14.9. The van der Waals surface area contributed by atoms with Crippen LogP contribution in [0.2, 0.25) is 0 Å². The quantitative estimate of drug-likeness (QED) is 0.675. The number of aryl methyl sites for hydroxylation is 2. The number of aromatic nitrogens is 3. The van der Waals surface area contributed by atoms with Gasteiger partial charge < -0.3 is 9.45 Å². The molecule has 0 fully saturated rings. The molecule has 0 radical (unpaired) electrons. The van der Waals surface area contributed by atoms with E-state index in [4.69, 9.17) is 0 Å². The van der Waals surface area contributed by atoms with Crippen LogP contribution >= 0.6 is 0 Å². The number of nitrogens with one attached hydrogen (secondary N) is 1. The van der Waals surface area contributed by atoms with Gasteiger partial charge in [0.15, 0.2) is 0 Å². The molecule has 0 amide bonds. The molecule has 0 aliphatic heterocycles. The van der Waals surface area contributed by atoms with Gasteiger partial charge in [0, 0.05) is 25.9 Å². The molecule has 1 N–H and O–H groups in total. The fourth-order valence-electron chi connectivity index (χ4n) is 2.14. The molecule has 0 aliphatic carbocycles. The van der Waals surface area contributed by atoms with Crippen molar-refractivity contribution in [2.75, 3.05) is 30.0 Å². The van der Waals surface area contributed by atoms with Crippen molar-refractivity contribution in [2.45, 2.75) is 20.3 Å². The average Bonchev–Trinajstić information content (AvgIpc) is 2.54. The minimum Gasteiger partial charge on any atom is -0.593 e. The van der Waals surface area contributed by atoms with E-state index in [0.29, 0.717) is 0 Å². The van der Waals surface area contributed by atoms with Crippen molar-refractivity contribution in [3.05, 3.63) is 41.1 Å². The van der Waals surface area contributed by atoms with Gasteiger partial charge in [-0.05, 0) is 19.4 Å². The lowest BCUT2D eigenvalue weighted by molar-refractivity contribution is 0.605. The molecule has 1 unspecified atom stereocenters. The van der Waals surface area contributed by atoms with E-state index in [1.807, 2.05) is 38.9 Å². The highest BCUT2D eigenvalue weighted by Crippen LogP contribution is 2.18. The first kappa shape index (κ1) is 18.0. The molecule has 1 atom stereocenters. The van der Waals surface area contributed by atoms with Crippen LogP contribution < -0.4 is 9.62 Å². The van der Waals surface area contributed by atoms with E-state index in [2.05, 4.69) is 31.5 Å². The van der Waals surface area contributed by atoms with Crippen molar-refractivity contribution in [1.82, 2.24) is 15.0 Å². The van der Waals surface area contributed by atoms with Gasteiger partial charge in [0.25, 0.3) is 0 Å². The van der Waals surface area contributed by atoms with Gasteiger partial charge in [-0.1, -0.05) is 18.8 Å². The lowest BCUT2D eigenvalue weighted by atomic mass is 10.1. The molecule has 2 aromatic rings. The molecule has 0 saturated heterocycles. The van der Waals surface area contributed by atoms with Crippen molar-refractivity contribution in [3.63, 3.8) is 0 Å². The van der Waals surface area contributed by atoms with E-state index in [1.54, 1.807) is 18.8 Å². The Morgan fingerprint density at radius 2 is 2.00 bits per heavy atom. The summed E-state index contributed by atoms with van der Waals surface area (Å²) in [6.45, 7) is 3.90. The Morgan fingerprint density at radius 1 is 1.25 bits per heavy atom. The van der Waals surface area contributed by atoms with Crippen molar-refractivity contribution >= 4 is 22.9 Å². The van der Waals surface area contributed by atoms with Crippen LogP contribution in [0.1, 0.15) is 29.4 Å². The number of hydrogen-bond acceptors (Lipinski definition) is 6. The van der Waals surface area contributed by atoms with Gasteiger partial charge in [0.05, 0.1) is 28.3 Å². The van der Waals surface area contributed by atoms with Crippen LogP contribution in [0.5, 0.6) is 0 Å². The molecular formula is C17H21N5OS. The van der Waals surface area contributed by atoms with Crippen molar-refractivity contribution in [2.24, 2.45) is 0 Å². The SMILES string of the molecule is CCc1ncnc(N(C)C)c1C#Cc1cnc(C)c(N[S+](C)[O-])c1. The highest BCUT2D eigenvalue weighted by atomic mass is 32.2. The summed E-state index contributed by atoms with van der Waals surface area (Å²) in [6, 6.07) is 1.85. The maximum atomic E-state index is 11.4. The number of anilines is 2. The van der Waals surface area contributed by atoms with Gasteiger partial charge >= 0.3 is 0 Å². The van der Waals surface area contributed by atoms with Gasteiger partial charge in [-0.3, -0.25) is 4.98 Å². The highest BCUT2D eigenvalue weighted by molar-refractivity contribution is 7.92. The summed E-state index contributed by atoms with van der Waals surface area (Å²) >= 11 is -1.15. The number of pyridine rings is 1. The molecule has 0 bridgehead atoms. The molecule has 0 aliphatic rings. The molecule has 7 heteroatoms. The topological polar surface area (TPSA) is 77.0 Å². The maximum absolute atomic E-state index is 11.4. The molecule has 2 aromatic heterocycles. The van der Waals surface area contributed by atoms with Crippen LogP contribution in [0, 0.1) is 18.8 Å². The van der Waals surface area contributed by atoms with Crippen LogP contribution in [-0.4, -0.2) is 39.9 Å². The molecule has 0 spiro atoms. The fourth-order valence-corrected chi connectivity index (χ4v) is 2.66. The van der Waals surface area contributed by atoms with Gasteiger partial charge in [-0.25, -0.2) is 14.7 Å². The second-order valence-electron chi connectivity index (χ2n) is 5.43. The van der Waals surface area contributed by atoms with Crippen molar-refractivity contribution < 1.29 is 4.55 Å². The Morgan fingerprint density at radius 3 is 2.62 bits per heavy atom. The van der Waals surface area contributed by atoms with E-state index in [0.717, 1.165) is 40.4 Å².